The number of terminal acetylenes is 1. The lowest BCUT2D eigenvalue weighted by molar-refractivity contribution is -0.266. The van der Waals surface area contributed by atoms with Crippen LogP contribution >= 0.6 is 0 Å². The van der Waals surface area contributed by atoms with Crippen LogP contribution in [0.5, 0.6) is 0 Å². The lowest BCUT2D eigenvalue weighted by Crippen LogP contribution is -2.53. The Labute approximate surface area is 75.9 Å². The van der Waals surface area contributed by atoms with Crippen molar-refractivity contribution < 1.29 is 24.8 Å². The van der Waals surface area contributed by atoms with Crippen molar-refractivity contribution in [3.63, 3.8) is 0 Å². The topological polar surface area (TPSA) is 79.2 Å². The second-order valence-electron chi connectivity index (χ2n) is 2.77. The van der Waals surface area contributed by atoms with Gasteiger partial charge in [-0.15, -0.1) is 6.42 Å². The van der Waals surface area contributed by atoms with Crippen LogP contribution < -0.4 is 0 Å². The molecule has 13 heavy (non-hydrogen) atoms. The smallest absolute Gasteiger partial charge is 0.187 e. The summed E-state index contributed by atoms with van der Waals surface area (Å²) in [5, 5.41) is 27.6. The van der Waals surface area contributed by atoms with Crippen molar-refractivity contribution in [1.82, 2.24) is 0 Å². The average Bonchev–Trinajstić information content (AvgIpc) is 2.13. The Hall–Kier alpha value is -0.640. The van der Waals surface area contributed by atoms with Crippen LogP contribution in [0, 0.1) is 12.3 Å². The van der Waals surface area contributed by atoms with E-state index in [0.717, 1.165) is 0 Å². The molecule has 1 fully saturated rings. The highest BCUT2D eigenvalue weighted by molar-refractivity contribution is 4.86. The van der Waals surface area contributed by atoms with Crippen molar-refractivity contribution in [2.24, 2.45) is 0 Å². The molecule has 1 aliphatic rings. The van der Waals surface area contributed by atoms with Gasteiger partial charge in [0.15, 0.2) is 6.29 Å². The lowest BCUT2D eigenvalue weighted by Gasteiger charge is -2.34. The minimum atomic E-state index is -1.27. The fourth-order valence-electron chi connectivity index (χ4n) is 1.06. The standard InChI is InChI=1S/C8H12O5/c1-2-3-12-8-7(11)6(10)5(9)4-13-8/h1,5-11H,3-4H2/t5-,6+,7-,8-/m1/s1. The van der Waals surface area contributed by atoms with Crippen LogP contribution in [-0.4, -0.2) is 53.1 Å². The van der Waals surface area contributed by atoms with E-state index in [1.807, 2.05) is 0 Å². The summed E-state index contributed by atoms with van der Waals surface area (Å²) < 4.78 is 9.78. The maximum absolute atomic E-state index is 9.31. The third-order valence-corrected chi connectivity index (χ3v) is 1.79. The van der Waals surface area contributed by atoms with Crippen molar-refractivity contribution in [2.75, 3.05) is 13.2 Å². The summed E-state index contributed by atoms with van der Waals surface area (Å²) in [6, 6.07) is 0. The predicted octanol–water partition coefficient (Wildman–Crippen LogP) is -1.92. The molecule has 74 valence electrons. The van der Waals surface area contributed by atoms with E-state index < -0.39 is 24.6 Å². The highest BCUT2D eigenvalue weighted by atomic mass is 16.7. The first-order chi connectivity index (χ1) is 6.16. The van der Waals surface area contributed by atoms with Crippen molar-refractivity contribution in [3.05, 3.63) is 0 Å². The van der Waals surface area contributed by atoms with Gasteiger partial charge in [-0.1, -0.05) is 5.92 Å². The fourth-order valence-corrected chi connectivity index (χ4v) is 1.06. The number of aliphatic hydroxyl groups is 3. The minimum absolute atomic E-state index is 0.00938. The molecule has 3 N–H and O–H groups in total. The normalized spacial score (nSPS) is 39.8. The van der Waals surface area contributed by atoms with Crippen molar-refractivity contribution in [2.45, 2.75) is 24.6 Å². The summed E-state index contributed by atoms with van der Waals surface area (Å²) in [4.78, 5) is 0. The Morgan fingerprint density at radius 3 is 2.69 bits per heavy atom. The van der Waals surface area contributed by atoms with Gasteiger partial charge in [0, 0.05) is 0 Å². The predicted molar refractivity (Wildman–Crippen MR) is 42.5 cm³/mol. The van der Waals surface area contributed by atoms with Gasteiger partial charge in [0.2, 0.25) is 0 Å². The molecule has 0 spiro atoms. The van der Waals surface area contributed by atoms with E-state index in [2.05, 4.69) is 5.92 Å². The van der Waals surface area contributed by atoms with E-state index in [1.165, 1.54) is 0 Å². The highest BCUT2D eigenvalue weighted by Gasteiger charge is 2.37. The molecule has 0 aromatic carbocycles. The molecule has 1 aliphatic heterocycles. The van der Waals surface area contributed by atoms with Gasteiger partial charge in [0.05, 0.1) is 6.61 Å². The van der Waals surface area contributed by atoms with Crippen molar-refractivity contribution >= 4 is 0 Å². The van der Waals surface area contributed by atoms with E-state index >= 15 is 0 Å². The molecule has 0 bridgehead atoms. The van der Waals surface area contributed by atoms with Crippen LogP contribution in [-0.2, 0) is 9.47 Å². The summed E-state index contributed by atoms with van der Waals surface area (Å²) in [7, 11) is 0. The summed E-state index contributed by atoms with van der Waals surface area (Å²) in [5.41, 5.74) is 0. The first kappa shape index (κ1) is 10.4. The summed E-state index contributed by atoms with van der Waals surface area (Å²) in [6.07, 6.45) is 0.363. The van der Waals surface area contributed by atoms with Gasteiger partial charge in [0.1, 0.15) is 24.9 Å². The van der Waals surface area contributed by atoms with Crippen LogP contribution in [0.4, 0.5) is 0 Å². The molecule has 1 saturated heterocycles. The minimum Gasteiger partial charge on any atom is -0.388 e. The van der Waals surface area contributed by atoms with Crippen LogP contribution in [0.2, 0.25) is 0 Å². The fraction of sp³-hybridized carbons (Fsp3) is 0.750. The molecule has 0 aromatic rings. The van der Waals surface area contributed by atoms with Gasteiger partial charge in [0.25, 0.3) is 0 Å². The molecule has 5 nitrogen and oxygen atoms in total. The Kier molecular flexibility index (Phi) is 3.66. The number of aliphatic hydroxyl groups excluding tert-OH is 3. The van der Waals surface area contributed by atoms with E-state index in [9.17, 15) is 10.2 Å². The molecule has 4 atom stereocenters. The van der Waals surface area contributed by atoms with Crippen LogP contribution in [0.3, 0.4) is 0 Å². The summed E-state index contributed by atoms with van der Waals surface area (Å²) in [6.45, 7) is -0.0853. The van der Waals surface area contributed by atoms with Crippen molar-refractivity contribution in [3.8, 4) is 12.3 Å². The molecule has 1 rings (SSSR count). The molecular formula is C8H12O5. The molecule has 0 unspecified atom stereocenters. The molecular weight excluding hydrogens is 176 g/mol. The quantitative estimate of drug-likeness (QED) is 0.440. The third-order valence-electron chi connectivity index (χ3n) is 1.79. The van der Waals surface area contributed by atoms with E-state index in [4.69, 9.17) is 21.0 Å². The van der Waals surface area contributed by atoms with Gasteiger partial charge in [-0.2, -0.15) is 0 Å². The van der Waals surface area contributed by atoms with E-state index in [-0.39, 0.29) is 13.2 Å². The van der Waals surface area contributed by atoms with Gasteiger partial charge >= 0.3 is 0 Å². The van der Waals surface area contributed by atoms with Crippen LogP contribution in [0.25, 0.3) is 0 Å². The maximum atomic E-state index is 9.31. The molecule has 0 amide bonds. The first-order valence-electron chi connectivity index (χ1n) is 3.87. The maximum Gasteiger partial charge on any atom is 0.187 e. The van der Waals surface area contributed by atoms with Crippen molar-refractivity contribution in [1.29, 1.82) is 0 Å². The third kappa shape index (κ3) is 2.40. The Balaban J connectivity index is 2.45. The zero-order chi connectivity index (χ0) is 9.84. The van der Waals surface area contributed by atoms with E-state index in [1.54, 1.807) is 0 Å². The highest BCUT2D eigenvalue weighted by Crippen LogP contribution is 2.15. The Bertz CT molecular complexity index is 199. The molecule has 1 heterocycles. The summed E-state index contributed by atoms with van der Waals surface area (Å²) >= 11 is 0. The Morgan fingerprint density at radius 2 is 2.08 bits per heavy atom. The summed E-state index contributed by atoms with van der Waals surface area (Å²) in [5.74, 6) is 2.20. The van der Waals surface area contributed by atoms with E-state index in [0.29, 0.717) is 0 Å². The number of ether oxygens (including phenoxy) is 2. The first-order valence-corrected chi connectivity index (χ1v) is 3.87. The largest absolute Gasteiger partial charge is 0.388 e. The Morgan fingerprint density at radius 1 is 1.38 bits per heavy atom. The SMILES string of the molecule is C#CCO[C@@H]1OC[C@@H](O)[C@H](O)[C@H]1O. The van der Waals surface area contributed by atoms with Crippen LogP contribution in [0.15, 0.2) is 0 Å². The second kappa shape index (κ2) is 4.56. The van der Waals surface area contributed by atoms with Gasteiger partial charge in [-0.05, 0) is 0 Å². The molecule has 5 heteroatoms. The van der Waals surface area contributed by atoms with Gasteiger partial charge < -0.3 is 24.8 Å². The van der Waals surface area contributed by atoms with Gasteiger partial charge in [-0.25, -0.2) is 0 Å². The lowest BCUT2D eigenvalue weighted by atomic mass is 10.1. The molecule has 0 aliphatic carbocycles. The molecule has 0 aromatic heterocycles. The number of hydrogen-bond acceptors (Lipinski definition) is 5. The monoisotopic (exact) mass is 188 g/mol. The van der Waals surface area contributed by atoms with Gasteiger partial charge in [-0.3, -0.25) is 0 Å². The second-order valence-corrected chi connectivity index (χ2v) is 2.77. The molecule has 0 radical (unpaired) electrons. The molecule has 0 saturated carbocycles. The zero-order valence-electron chi connectivity index (χ0n) is 6.96. The van der Waals surface area contributed by atoms with Crippen LogP contribution in [0.1, 0.15) is 0 Å². The number of hydrogen-bond donors (Lipinski definition) is 3. The zero-order valence-corrected chi connectivity index (χ0v) is 6.96. The number of rotatable bonds is 2. The average molecular weight is 188 g/mol.